The fraction of sp³-hybridized carbons (Fsp3) is 0.300. The van der Waals surface area contributed by atoms with Crippen LogP contribution in [0.3, 0.4) is 0 Å². The van der Waals surface area contributed by atoms with Gasteiger partial charge in [0.1, 0.15) is 0 Å². The maximum absolute atomic E-state index is 11.4. The Bertz CT molecular complexity index is 349. The molecule has 1 aromatic rings. The van der Waals surface area contributed by atoms with Crippen molar-refractivity contribution in [2.45, 2.75) is 11.8 Å². The van der Waals surface area contributed by atoms with Gasteiger partial charge in [0, 0.05) is 22.7 Å². The molecule has 1 aromatic carbocycles. The van der Waals surface area contributed by atoms with Crippen molar-refractivity contribution in [2.75, 3.05) is 17.6 Å². The standard InChI is InChI=1S/C10H11NOS/c1-2-11-8-5-3-4-7-9(12)6-13-10(7)8/h3-5,11H,2,6H2,1H3. The summed E-state index contributed by atoms with van der Waals surface area (Å²) < 4.78 is 0. The quantitative estimate of drug-likeness (QED) is 0.782. The van der Waals surface area contributed by atoms with Crippen molar-refractivity contribution in [3.05, 3.63) is 23.8 Å². The number of nitrogens with one attached hydrogen (secondary N) is 1. The topological polar surface area (TPSA) is 29.1 Å². The fourth-order valence-corrected chi connectivity index (χ4v) is 2.52. The van der Waals surface area contributed by atoms with Crippen LogP contribution in [-0.2, 0) is 0 Å². The van der Waals surface area contributed by atoms with E-state index in [0.29, 0.717) is 5.75 Å². The minimum absolute atomic E-state index is 0.250. The van der Waals surface area contributed by atoms with E-state index in [-0.39, 0.29) is 5.78 Å². The minimum Gasteiger partial charge on any atom is -0.384 e. The number of ketones is 1. The molecule has 1 aliphatic rings. The lowest BCUT2D eigenvalue weighted by Gasteiger charge is -2.07. The normalized spacial score (nSPS) is 14.4. The maximum atomic E-state index is 11.4. The molecule has 1 aliphatic heterocycles. The lowest BCUT2D eigenvalue weighted by atomic mass is 10.1. The van der Waals surface area contributed by atoms with E-state index in [1.54, 1.807) is 11.8 Å². The summed E-state index contributed by atoms with van der Waals surface area (Å²) >= 11 is 1.63. The molecule has 0 atom stereocenters. The molecule has 0 amide bonds. The monoisotopic (exact) mass is 193 g/mol. The van der Waals surface area contributed by atoms with Gasteiger partial charge in [-0.2, -0.15) is 0 Å². The Morgan fingerprint density at radius 3 is 3.15 bits per heavy atom. The third kappa shape index (κ3) is 1.44. The van der Waals surface area contributed by atoms with Crippen molar-refractivity contribution in [3.63, 3.8) is 0 Å². The summed E-state index contributed by atoms with van der Waals surface area (Å²) in [7, 11) is 0. The summed E-state index contributed by atoms with van der Waals surface area (Å²) in [5, 5.41) is 3.26. The highest BCUT2D eigenvalue weighted by molar-refractivity contribution is 8.00. The van der Waals surface area contributed by atoms with Gasteiger partial charge in [-0.25, -0.2) is 0 Å². The predicted octanol–water partition coefficient (Wildman–Crippen LogP) is 2.41. The third-order valence-corrected chi connectivity index (χ3v) is 3.17. The summed E-state index contributed by atoms with van der Waals surface area (Å²) in [6.07, 6.45) is 0. The number of hydrogen-bond acceptors (Lipinski definition) is 3. The van der Waals surface area contributed by atoms with Gasteiger partial charge in [-0.15, -0.1) is 11.8 Å². The van der Waals surface area contributed by atoms with E-state index in [0.717, 1.165) is 22.7 Å². The van der Waals surface area contributed by atoms with Gasteiger partial charge in [-0.05, 0) is 13.0 Å². The van der Waals surface area contributed by atoms with Crippen molar-refractivity contribution in [3.8, 4) is 0 Å². The number of thioether (sulfide) groups is 1. The number of Topliss-reactive ketones (excluding diaryl/α,β-unsaturated/α-hetero) is 1. The Morgan fingerprint density at radius 2 is 2.38 bits per heavy atom. The molecule has 0 unspecified atom stereocenters. The van der Waals surface area contributed by atoms with E-state index < -0.39 is 0 Å². The zero-order valence-corrected chi connectivity index (χ0v) is 8.28. The highest BCUT2D eigenvalue weighted by Crippen LogP contribution is 2.36. The van der Waals surface area contributed by atoms with Crippen LogP contribution in [0.1, 0.15) is 17.3 Å². The van der Waals surface area contributed by atoms with Crippen LogP contribution in [0, 0.1) is 0 Å². The molecule has 1 N–H and O–H groups in total. The van der Waals surface area contributed by atoms with E-state index in [9.17, 15) is 4.79 Å². The highest BCUT2D eigenvalue weighted by atomic mass is 32.2. The molecule has 0 bridgehead atoms. The van der Waals surface area contributed by atoms with Crippen LogP contribution in [0.15, 0.2) is 23.1 Å². The van der Waals surface area contributed by atoms with Gasteiger partial charge < -0.3 is 5.32 Å². The van der Waals surface area contributed by atoms with E-state index >= 15 is 0 Å². The summed E-state index contributed by atoms with van der Waals surface area (Å²) in [4.78, 5) is 12.5. The molecule has 0 aliphatic carbocycles. The van der Waals surface area contributed by atoms with E-state index in [1.165, 1.54) is 0 Å². The van der Waals surface area contributed by atoms with Gasteiger partial charge >= 0.3 is 0 Å². The van der Waals surface area contributed by atoms with Crippen LogP contribution < -0.4 is 5.32 Å². The van der Waals surface area contributed by atoms with Crippen LogP contribution in [-0.4, -0.2) is 18.1 Å². The summed E-state index contributed by atoms with van der Waals surface area (Å²) in [5.41, 5.74) is 1.97. The molecule has 0 saturated carbocycles. The smallest absolute Gasteiger partial charge is 0.174 e. The highest BCUT2D eigenvalue weighted by Gasteiger charge is 2.22. The Morgan fingerprint density at radius 1 is 1.54 bits per heavy atom. The van der Waals surface area contributed by atoms with Gasteiger partial charge in [0.15, 0.2) is 5.78 Å². The van der Waals surface area contributed by atoms with Crippen molar-refractivity contribution >= 4 is 23.2 Å². The van der Waals surface area contributed by atoms with Gasteiger partial charge in [0.25, 0.3) is 0 Å². The number of carbonyl (C=O) groups is 1. The molecule has 0 aromatic heterocycles. The van der Waals surface area contributed by atoms with Crippen LogP contribution in [0.25, 0.3) is 0 Å². The van der Waals surface area contributed by atoms with E-state index in [4.69, 9.17) is 0 Å². The molecule has 2 rings (SSSR count). The lowest BCUT2D eigenvalue weighted by molar-refractivity contribution is 0.102. The molecule has 13 heavy (non-hydrogen) atoms. The molecule has 0 spiro atoms. The zero-order valence-electron chi connectivity index (χ0n) is 7.46. The van der Waals surface area contributed by atoms with Crippen LogP contribution in [0.2, 0.25) is 0 Å². The summed E-state index contributed by atoms with van der Waals surface area (Å²) in [6, 6.07) is 5.85. The number of carbonyl (C=O) groups excluding carboxylic acids is 1. The molecular formula is C10H11NOS. The number of rotatable bonds is 2. The average Bonchev–Trinajstić information content (AvgIpc) is 2.50. The second-order valence-electron chi connectivity index (χ2n) is 2.92. The van der Waals surface area contributed by atoms with Gasteiger partial charge in [0.05, 0.1) is 5.75 Å². The van der Waals surface area contributed by atoms with E-state index in [2.05, 4.69) is 12.2 Å². The van der Waals surface area contributed by atoms with E-state index in [1.807, 2.05) is 18.2 Å². The Hall–Kier alpha value is -0.960. The molecule has 2 nitrogen and oxygen atoms in total. The molecule has 3 heteroatoms. The number of benzene rings is 1. The Labute approximate surface area is 81.7 Å². The minimum atomic E-state index is 0.250. The average molecular weight is 193 g/mol. The maximum Gasteiger partial charge on any atom is 0.174 e. The molecule has 0 radical (unpaired) electrons. The Kier molecular flexibility index (Phi) is 2.27. The molecule has 0 fully saturated rings. The largest absolute Gasteiger partial charge is 0.384 e. The van der Waals surface area contributed by atoms with Crippen LogP contribution >= 0.6 is 11.8 Å². The van der Waals surface area contributed by atoms with Crippen molar-refractivity contribution < 1.29 is 4.79 Å². The first-order valence-electron chi connectivity index (χ1n) is 4.36. The van der Waals surface area contributed by atoms with Crippen molar-refractivity contribution in [1.29, 1.82) is 0 Å². The predicted molar refractivity (Wildman–Crippen MR) is 55.7 cm³/mol. The van der Waals surface area contributed by atoms with Crippen molar-refractivity contribution in [1.82, 2.24) is 0 Å². The first kappa shape index (κ1) is 8.63. The Balaban J connectivity index is 2.44. The molecule has 1 heterocycles. The van der Waals surface area contributed by atoms with Gasteiger partial charge in [-0.3, -0.25) is 4.79 Å². The SMILES string of the molecule is CCNc1cccc2c1SCC2=O. The number of fused-ring (bicyclic) bond motifs is 1. The van der Waals surface area contributed by atoms with Gasteiger partial charge in [-0.1, -0.05) is 12.1 Å². The number of hydrogen-bond donors (Lipinski definition) is 1. The summed E-state index contributed by atoms with van der Waals surface area (Å²) in [5.74, 6) is 0.845. The first-order chi connectivity index (χ1) is 6.33. The summed E-state index contributed by atoms with van der Waals surface area (Å²) in [6.45, 7) is 2.95. The first-order valence-corrected chi connectivity index (χ1v) is 5.34. The van der Waals surface area contributed by atoms with Gasteiger partial charge in [0.2, 0.25) is 0 Å². The second kappa shape index (κ2) is 3.42. The van der Waals surface area contributed by atoms with Crippen molar-refractivity contribution in [2.24, 2.45) is 0 Å². The second-order valence-corrected chi connectivity index (χ2v) is 3.91. The van der Waals surface area contributed by atoms with Crippen LogP contribution in [0.4, 0.5) is 5.69 Å². The molecule has 68 valence electrons. The lowest BCUT2D eigenvalue weighted by Crippen LogP contribution is -1.99. The van der Waals surface area contributed by atoms with Crippen LogP contribution in [0.5, 0.6) is 0 Å². The molecule has 0 saturated heterocycles. The molecular weight excluding hydrogens is 182 g/mol. The third-order valence-electron chi connectivity index (χ3n) is 2.03. The fourth-order valence-electron chi connectivity index (χ4n) is 1.46. The zero-order chi connectivity index (χ0) is 9.26. The number of anilines is 1.